The van der Waals surface area contributed by atoms with Crippen molar-refractivity contribution in [3.63, 3.8) is 0 Å². The summed E-state index contributed by atoms with van der Waals surface area (Å²) in [6.07, 6.45) is 1.69. The first kappa shape index (κ1) is 20.2. The lowest BCUT2D eigenvalue weighted by molar-refractivity contribution is -0.124. The monoisotopic (exact) mass is 376 g/mol. The van der Waals surface area contributed by atoms with Gasteiger partial charge in [-0.15, -0.1) is 12.4 Å². The molecule has 0 spiro atoms. The molecule has 0 bridgehead atoms. The van der Waals surface area contributed by atoms with Crippen LogP contribution in [0, 0.1) is 5.92 Å². The van der Waals surface area contributed by atoms with Crippen molar-refractivity contribution in [3.05, 3.63) is 60.2 Å². The highest BCUT2D eigenvalue weighted by Gasteiger charge is 2.26. The Labute approximate surface area is 160 Å². The van der Waals surface area contributed by atoms with Crippen LogP contribution in [0.5, 0.6) is 11.5 Å². The molecular weight excluding hydrogens is 352 g/mol. The molecule has 0 saturated carbocycles. The molecule has 5 nitrogen and oxygen atoms in total. The fourth-order valence-corrected chi connectivity index (χ4v) is 2.90. The predicted molar refractivity (Wildman–Crippen MR) is 104 cm³/mol. The van der Waals surface area contributed by atoms with Crippen LogP contribution in [-0.4, -0.2) is 25.2 Å². The molecule has 1 aliphatic rings. The topological polar surface area (TPSA) is 73.6 Å². The third-order valence-electron chi connectivity index (χ3n) is 4.45. The Morgan fingerprint density at radius 3 is 2.35 bits per heavy atom. The molecule has 2 aromatic rings. The Hall–Kier alpha value is -2.08. The molecule has 0 aliphatic carbocycles. The number of benzene rings is 2. The number of nitrogens with one attached hydrogen (secondary N) is 1. The van der Waals surface area contributed by atoms with Gasteiger partial charge < -0.3 is 20.5 Å². The third-order valence-corrected chi connectivity index (χ3v) is 4.45. The zero-order valence-electron chi connectivity index (χ0n) is 14.6. The summed E-state index contributed by atoms with van der Waals surface area (Å²) in [4.78, 5) is 12.2. The van der Waals surface area contributed by atoms with Crippen LogP contribution in [0.2, 0.25) is 0 Å². The second-order valence-corrected chi connectivity index (χ2v) is 6.25. The maximum Gasteiger partial charge on any atom is 0.237 e. The Kier molecular flexibility index (Phi) is 7.91. The van der Waals surface area contributed by atoms with Gasteiger partial charge in [-0.2, -0.15) is 0 Å². The third kappa shape index (κ3) is 5.73. The van der Waals surface area contributed by atoms with E-state index in [2.05, 4.69) is 5.32 Å². The van der Waals surface area contributed by atoms with Gasteiger partial charge in [0.1, 0.15) is 11.5 Å². The van der Waals surface area contributed by atoms with Gasteiger partial charge in [0, 0.05) is 19.8 Å². The van der Waals surface area contributed by atoms with Crippen molar-refractivity contribution in [2.45, 2.75) is 25.4 Å². The van der Waals surface area contributed by atoms with Crippen LogP contribution >= 0.6 is 12.4 Å². The van der Waals surface area contributed by atoms with E-state index < -0.39 is 6.04 Å². The summed E-state index contributed by atoms with van der Waals surface area (Å²) < 4.78 is 11.1. The lowest BCUT2D eigenvalue weighted by Gasteiger charge is -2.26. The van der Waals surface area contributed by atoms with Crippen LogP contribution in [0.1, 0.15) is 18.4 Å². The molecule has 26 heavy (non-hydrogen) atoms. The number of carbonyl (C=O) groups excluding carboxylic acids is 1. The normalized spacial score (nSPS) is 15.6. The minimum Gasteiger partial charge on any atom is -0.457 e. The van der Waals surface area contributed by atoms with Crippen LogP contribution in [0.25, 0.3) is 0 Å². The first-order valence-electron chi connectivity index (χ1n) is 8.65. The number of nitrogens with two attached hydrogens (primary N) is 1. The fourth-order valence-electron chi connectivity index (χ4n) is 2.90. The lowest BCUT2D eigenvalue weighted by Crippen LogP contribution is -2.46. The Bertz CT molecular complexity index is 673. The van der Waals surface area contributed by atoms with Crippen LogP contribution < -0.4 is 15.8 Å². The molecule has 1 atom stereocenters. The van der Waals surface area contributed by atoms with E-state index in [0.717, 1.165) is 29.9 Å². The Morgan fingerprint density at radius 1 is 1.08 bits per heavy atom. The molecule has 1 heterocycles. The van der Waals surface area contributed by atoms with E-state index in [1.807, 2.05) is 54.6 Å². The van der Waals surface area contributed by atoms with Gasteiger partial charge in [0.25, 0.3) is 0 Å². The van der Waals surface area contributed by atoms with Crippen molar-refractivity contribution < 1.29 is 14.3 Å². The summed E-state index contributed by atoms with van der Waals surface area (Å²) >= 11 is 0. The molecule has 1 fully saturated rings. The van der Waals surface area contributed by atoms with Crippen molar-refractivity contribution in [3.8, 4) is 11.5 Å². The molecule has 3 N–H and O–H groups in total. The van der Waals surface area contributed by atoms with Crippen LogP contribution in [0.3, 0.4) is 0 Å². The minimum atomic E-state index is -0.468. The number of para-hydroxylation sites is 1. The first-order valence-corrected chi connectivity index (χ1v) is 8.65. The second kappa shape index (κ2) is 10.2. The number of amides is 1. The van der Waals surface area contributed by atoms with Gasteiger partial charge in [0.2, 0.25) is 5.91 Å². The maximum atomic E-state index is 12.2. The number of hydrogen-bond donors (Lipinski definition) is 2. The van der Waals surface area contributed by atoms with E-state index in [1.165, 1.54) is 0 Å². The molecule has 0 radical (unpaired) electrons. The average molecular weight is 377 g/mol. The summed E-state index contributed by atoms with van der Waals surface area (Å²) in [7, 11) is 0. The van der Waals surface area contributed by atoms with Crippen LogP contribution in [-0.2, 0) is 16.1 Å². The Balaban J connectivity index is 0.00000243. The fraction of sp³-hybridized carbons (Fsp3) is 0.350. The lowest BCUT2D eigenvalue weighted by atomic mass is 9.92. The van der Waals surface area contributed by atoms with Crippen molar-refractivity contribution >= 4 is 18.3 Å². The summed E-state index contributed by atoms with van der Waals surface area (Å²) in [5.74, 6) is 1.66. The number of carbonyl (C=O) groups is 1. The molecule has 140 valence electrons. The molecule has 1 saturated heterocycles. The highest BCUT2D eigenvalue weighted by atomic mass is 35.5. The van der Waals surface area contributed by atoms with Gasteiger partial charge in [-0.3, -0.25) is 4.79 Å². The van der Waals surface area contributed by atoms with Gasteiger partial charge in [-0.1, -0.05) is 30.3 Å². The Morgan fingerprint density at radius 2 is 1.69 bits per heavy atom. The summed E-state index contributed by atoms with van der Waals surface area (Å²) in [5, 5.41) is 2.92. The highest BCUT2D eigenvalue weighted by molar-refractivity contribution is 5.85. The highest BCUT2D eigenvalue weighted by Crippen LogP contribution is 2.21. The summed E-state index contributed by atoms with van der Waals surface area (Å²) in [6.45, 7) is 1.84. The van der Waals surface area contributed by atoms with E-state index in [0.29, 0.717) is 19.8 Å². The minimum absolute atomic E-state index is 0. The largest absolute Gasteiger partial charge is 0.457 e. The van der Waals surface area contributed by atoms with Gasteiger partial charge in [-0.25, -0.2) is 0 Å². The molecule has 1 aliphatic heterocycles. The van der Waals surface area contributed by atoms with Crippen LogP contribution in [0.4, 0.5) is 0 Å². The van der Waals surface area contributed by atoms with Crippen molar-refractivity contribution in [1.82, 2.24) is 5.32 Å². The quantitative estimate of drug-likeness (QED) is 0.811. The molecule has 2 aromatic carbocycles. The molecule has 0 aromatic heterocycles. The molecule has 6 heteroatoms. The standard InChI is InChI=1S/C20H24N2O3.ClH/c21-19(16-10-12-24-13-11-16)20(23)22-14-15-6-8-18(9-7-15)25-17-4-2-1-3-5-17;/h1-9,16,19H,10-14,21H2,(H,22,23);1H. The molecule has 1 amide bonds. The SMILES string of the molecule is Cl.NC(C(=O)NCc1ccc(Oc2ccccc2)cc1)C1CCOCC1. The van der Waals surface area contributed by atoms with E-state index in [-0.39, 0.29) is 24.2 Å². The molecule has 3 rings (SSSR count). The number of rotatable bonds is 6. The average Bonchev–Trinajstić information content (AvgIpc) is 2.68. The predicted octanol–water partition coefficient (Wildman–Crippen LogP) is 3.27. The van der Waals surface area contributed by atoms with E-state index in [9.17, 15) is 4.79 Å². The van der Waals surface area contributed by atoms with Gasteiger partial charge in [0.15, 0.2) is 0 Å². The zero-order chi connectivity index (χ0) is 17.5. The van der Waals surface area contributed by atoms with E-state index >= 15 is 0 Å². The van der Waals surface area contributed by atoms with E-state index in [4.69, 9.17) is 15.2 Å². The van der Waals surface area contributed by atoms with Crippen molar-refractivity contribution in [2.75, 3.05) is 13.2 Å². The van der Waals surface area contributed by atoms with E-state index in [1.54, 1.807) is 0 Å². The van der Waals surface area contributed by atoms with Gasteiger partial charge in [0.05, 0.1) is 6.04 Å². The number of ether oxygens (including phenoxy) is 2. The van der Waals surface area contributed by atoms with Crippen molar-refractivity contribution in [1.29, 1.82) is 0 Å². The smallest absolute Gasteiger partial charge is 0.237 e. The summed E-state index contributed by atoms with van der Waals surface area (Å²) in [6, 6.07) is 16.8. The number of hydrogen-bond acceptors (Lipinski definition) is 4. The van der Waals surface area contributed by atoms with Gasteiger partial charge >= 0.3 is 0 Å². The maximum absolute atomic E-state index is 12.2. The summed E-state index contributed by atoms with van der Waals surface area (Å²) in [5.41, 5.74) is 7.09. The molecular formula is C20H25ClN2O3. The van der Waals surface area contributed by atoms with Crippen molar-refractivity contribution in [2.24, 2.45) is 11.7 Å². The first-order chi connectivity index (χ1) is 12.2. The molecule has 1 unspecified atom stereocenters. The van der Waals surface area contributed by atoms with Gasteiger partial charge in [-0.05, 0) is 48.6 Å². The van der Waals surface area contributed by atoms with Crippen LogP contribution in [0.15, 0.2) is 54.6 Å². The zero-order valence-corrected chi connectivity index (χ0v) is 15.4. The second-order valence-electron chi connectivity index (χ2n) is 6.25. The number of halogens is 1.